The van der Waals surface area contributed by atoms with Crippen molar-refractivity contribution < 1.29 is 4.74 Å². The van der Waals surface area contributed by atoms with Gasteiger partial charge >= 0.3 is 0 Å². The molecule has 0 amide bonds. The summed E-state index contributed by atoms with van der Waals surface area (Å²) in [7, 11) is 0. The fourth-order valence-electron chi connectivity index (χ4n) is 2.04. The number of nitrogens with two attached hydrogens (primary N) is 1. The van der Waals surface area contributed by atoms with Crippen molar-refractivity contribution in [2.75, 3.05) is 0 Å². The minimum absolute atomic E-state index is 0.0543. The smallest absolute Gasteiger partial charge is 0.165 e. The number of halogens is 1. The molecule has 0 radical (unpaired) electrons. The molecule has 5 heteroatoms. The van der Waals surface area contributed by atoms with Crippen LogP contribution in [0.1, 0.15) is 25.8 Å². The normalized spacial score (nSPS) is 12.4. The van der Waals surface area contributed by atoms with Crippen LogP contribution in [0.3, 0.4) is 0 Å². The SMILES string of the molecule is CCCn1cc(Oc2c(Cl)cccc2CC(C)N)cn1. The molecule has 1 atom stereocenters. The molecule has 1 aromatic heterocycles. The van der Waals surface area contributed by atoms with Crippen LogP contribution < -0.4 is 10.5 Å². The van der Waals surface area contributed by atoms with Gasteiger partial charge in [0, 0.05) is 12.6 Å². The van der Waals surface area contributed by atoms with Gasteiger partial charge < -0.3 is 10.5 Å². The molecular weight excluding hydrogens is 274 g/mol. The van der Waals surface area contributed by atoms with Crippen molar-refractivity contribution in [1.82, 2.24) is 9.78 Å². The Hall–Kier alpha value is -1.52. The Kier molecular flexibility index (Phi) is 5.04. The average Bonchev–Trinajstić information content (AvgIpc) is 2.81. The van der Waals surface area contributed by atoms with Crippen molar-refractivity contribution in [3.05, 3.63) is 41.2 Å². The van der Waals surface area contributed by atoms with Crippen molar-refractivity contribution in [1.29, 1.82) is 0 Å². The fraction of sp³-hybridized carbons (Fsp3) is 0.400. The number of ether oxygens (including phenoxy) is 1. The molecule has 1 unspecified atom stereocenters. The summed E-state index contributed by atoms with van der Waals surface area (Å²) in [6.45, 7) is 4.94. The van der Waals surface area contributed by atoms with Crippen LogP contribution in [-0.4, -0.2) is 15.8 Å². The third kappa shape index (κ3) is 3.74. The van der Waals surface area contributed by atoms with E-state index in [0.29, 0.717) is 16.5 Å². The first kappa shape index (κ1) is 14.9. The van der Waals surface area contributed by atoms with E-state index in [9.17, 15) is 0 Å². The lowest BCUT2D eigenvalue weighted by atomic mass is 10.1. The third-order valence-electron chi connectivity index (χ3n) is 2.87. The van der Waals surface area contributed by atoms with Crippen LogP contribution in [0.2, 0.25) is 5.02 Å². The number of hydrogen-bond donors (Lipinski definition) is 1. The van der Waals surface area contributed by atoms with E-state index in [1.54, 1.807) is 6.20 Å². The number of hydrogen-bond acceptors (Lipinski definition) is 3. The Labute approximate surface area is 124 Å². The van der Waals surface area contributed by atoms with Crippen LogP contribution in [0.25, 0.3) is 0 Å². The highest BCUT2D eigenvalue weighted by molar-refractivity contribution is 6.32. The maximum Gasteiger partial charge on any atom is 0.165 e. The van der Waals surface area contributed by atoms with E-state index in [2.05, 4.69) is 12.0 Å². The first-order chi connectivity index (χ1) is 9.60. The lowest BCUT2D eigenvalue weighted by Gasteiger charge is -2.13. The van der Waals surface area contributed by atoms with Gasteiger partial charge in [-0.05, 0) is 31.4 Å². The predicted octanol–water partition coefficient (Wildman–Crippen LogP) is 3.63. The van der Waals surface area contributed by atoms with Crippen LogP contribution in [-0.2, 0) is 13.0 Å². The van der Waals surface area contributed by atoms with Crippen molar-refractivity contribution in [2.24, 2.45) is 5.73 Å². The van der Waals surface area contributed by atoms with Gasteiger partial charge in [0.25, 0.3) is 0 Å². The van der Waals surface area contributed by atoms with Crippen molar-refractivity contribution in [3.63, 3.8) is 0 Å². The molecule has 1 heterocycles. The van der Waals surface area contributed by atoms with E-state index in [-0.39, 0.29) is 6.04 Å². The molecule has 0 aliphatic heterocycles. The van der Waals surface area contributed by atoms with Crippen LogP contribution in [0.5, 0.6) is 11.5 Å². The number of rotatable bonds is 6. The molecule has 0 aliphatic carbocycles. The molecule has 0 saturated heterocycles. The van der Waals surface area contributed by atoms with E-state index in [0.717, 1.165) is 24.9 Å². The summed E-state index contributed by atoms with van der Waals surface area (Å²) < 4.78 is 7.76. The summed E-state index contributed by atoms with van der Waals surface area (Å²) in [4.78, 5) is 0. The maximum absolute atomic E-state index is 6.24. The van der Waals surface area contributed by atoms with Crippen LogP contribution >= 0.6 is 11.6 Å². The molecule has 0 saturated carbocycles. The largest absolute Gasteiger partial charge is 0.452 e. The molecule has 2 aromatic rings. The van der Waals surface area contributed by atoms with Crippen molar-refractivity contribution in [2.45, 2.75) is 39.3 Å². The zero-order chi connectivity index (χ0) is 14.5. The number of aromatic nitrogens is 2. The topological polar surface area (TPSA) is 53.1 Å². The summed E-state index contributed by atoms with van der Waals surface area (Å²) in [6.07, 6.45) is 5.33. The van der Waals surface area contributed by atoms with Gasteiger partial charge in [-0.25, -0.2) is 0 Å². The quantitative estimate of drug-likeness (QED) is 0.885. The molecule has 2 rings (SSSR count). The zero-order valence-electron chi connectivity index (χ0n) is 11.8. The molecule has 0 bridgehead atoms. The standard InChI is InChI=1S/C15H20ClN3O/c1-3-7-19-10-13(9-18-19)20-15-12(8-11(2)17)5-4-6-14(15)16/h4-6,9-11H,3,7-8,17H2,1-2H3. The number of nitrogens with zero attached hydrogens (tertiary/aromatic N) is 2. The van der Waals surface area contributed by atoms with E-state index >= 15 is 0 Å². The Balaban J connectivity index is 2.22. The minimum Gasteiger partial charge on any atom is -0.452 e. The number of para-hydroxylation sites is 1. The highest BCUT2D eigenvalue weighted by Gasteiger charge is 2.12. The molecule has 0 spiro atoms. The molecule has 1 aromatic carbocycles. The molecule has 108 valence electrons. The van der Waals surface area contributed by atoms with Gasteiger partial charge in [0.05, 0.1) is 17.4 Å². The summed E-state index contributed by atoms with van der Waals surface area (Å²) in [6, 6.07) is 5.77. The van der Waals surface area contributed by atoms with Gasteiger partial charge in [0.15, 0.2) is 5.75 Å². The summed E-state index contributed by atoms with van der Waals surface area (Å²) in [5.41, 5.74) is 6.88. The first-order valence-corrected chi connectivity index (χ1v) is 7.21. The average molecular weight is 294 g/mol. The second-order valence-corrected chi connectivity index (χ2v) is 5.36. The van der Waals surface area contributed by atoms with Gasteiger partial charge in [0.2, 0.25) is 0 Å². The van der Waals surface area contributed by atoms with E-state index < -0.39 is 0 Å². The summed E-state index contributed by atoms with van der Waals surface area (Å²) in [5.74, 6) is 1.36. The molecule has 0 aliphatic rings. The number of aryl methyl sites for hydroxylation is 1. The first-order valence-electron chi connectivity index (χ1n) is 6.83. The van der Waals surface area contributed by atoms with Crippen LogP contribution in [0.15, 0.2) is 30.6 Å². The highest BCUT2D eigenvalue weighted by Crippen LogP contribution is 2.33. The monoisotopic (exact) mass is 293 g/mol. The molecule has 20 heavy (non-hydrogen) atoms. The van der Waals surface area contributed by atoms with E-state index in [1.807, 2.05) is 36.0 Å². The Morgan fingerprint density at radius 3 is 2.95 bits per heavy atom. The second kappa shape index (κ2) is 6.77. The minimum atomic E-state index is 0.0543. The van der Waals surface area contributed by atoms with E-state index in [1.165, 1.54) is 0 Å². The highest BCUT2D eigenvalue weighted by atomic mass is 35.5. The van der Waals surface area contributed by atoms with Gasteiger partial charge in [-0.2, -0.15) is 5.10 Å². The lowest BCUT2D eigenvalue weighted by Crippen LogP contribution is -2.18. The molecular formula is C15H20ClN3O. The Bertz CT molecular complexity index is 566. The van der Waals surface area contributed by atoms with Crippen LogP contribution in [0.4, 0.5) is 0 Å². The Morgan fingerprint density at radius 1 is 1.45 bits per heavy atom. The van der Waals surface area contributed by atoms with Gasteiger partial charge in [-0.3, -0.25) is 4.68 Å². The van der Waals surface area contributed by atoms with Gasteiger partial charge in [-0.1, -0.05) is 30.7 Å². The van der Waals surface area contributed by atoms with Crippen molar-refractivity contribution >= 4 is 11.6 Å². The fourth-order valence-corrected chi connectivity index (χ4v) is 2.27. The molecule has 0 fully saturated rings. The number of benzene rings is 1. The molecule has 2 N–H and O–H groups in total. The second-order valence-electron chi connectivity index (χ2n) is 4.95. The van der Waals surface area contributed by atoms with Gasteiger partial charge in [0.1, 0.15) is 5.75 Å². The lowest BCUT2D eigenvalue weighted by molar-refractivity contribution is 0.472. The van der Waals surface area contributed by atoms with E-state index in [4.69, 9.17) is 22.1 Å². The zero-order valence-corrected chi connectivity index (χ0v) is 12.6. The summed E-state index contributed by atoms with van der Waals surface area (Å²) in [5, 5.41) is 4.84. The predicted molar refractivity (Wildman–Crippen MR) is 81.4 cm³/mol. The molecule has 4 nitrogen and oxygen atoms in total. The Morgan fingerprint density at radius 2 is 2.25 bits per heavy atom. The third-order valence-corrected chi connectivity index (χ3v) is 3.17. The van der Waals surface area contributed by atoms with Crippen LogP contribution in [0, 0.1) is 0 Å². The van der Waals surface area contributed by atoms with Gasteiger partial charge in [-0.15, -0.1) is 0 Å². The van der Waals surface area contributed by atoms with Crippen molar-refractivity contribution in [3.8, 4) is 11.5 Å². The summed E-state index contributed by atoms with van der Waals surface area (Å²) >= 11 is 6.24. The maximum atomic E-state index is 6.24.